The van der Waals surface area contributed by atoms with Gasteiger partial charge >= 0.3 is 0 Å². The van der Waals surface area contributed by atoms with E-state index in [1.807, 2.05) is 12.3 Å². The van der Waals surface area contributed by atoms with E-state index in [1.165, 1.54) is 10.4 Å². The molecule has 1 saturated carbocycles. The molecule has 3 heterocycles. The van der Waals surface area contributed by atoms with Gasteiger partial charge in [-0.1, -0.05) is 0 Å². The fourth-order valence-corrected chi connectivity index (χ4v) is 7.48. The molecule has 0 unspecified atom stereocenters. The van der Waals surface area contributed by atoms with Crippen molar-refractivity contribution in [1.29, 1.82) is 0 Å². The number of aromatic nitrogens is 1. The van der Waals surface area contributed by atoms with E-state index in [0.717, 1.165) is 67.7 Å². The molecule has 2 aliphatic carbocycles. The molecule has 0 bridgehead atoms. The zero-order valence-electron chi connectivity index (χ0n) is 19.5. The van der Waals surface area contributed by atoms with Gasteiger partial charge < -0.3 is 20.3 Å². The Bertz CT molecular complexity index is 993. The minimum absolute atomic E-state index is 0.114. The van der Waals surface area contributed by atoms with Gasteiger partial charge in [-0.05, 0) is 76.3 Å². The summed E-state index contributed by atoms with van der Waals surface area (Å²) in [4.78, 5) is 21.0. The Labute approximate surface area is 199 Å². The maximum atomic E-state index is 11.4. The van der Waals surface area contributed by atoms with Crippen molar-refractivity contribution >= 4 is 27.5 Å². The molecule has 1 amide bonds. The third kappa shape index (κ3) is 4.50. The molecule has 33 heavy (non-hydrogen) atoms. The second kappa shape index (κ2) is 9.49. The van der Waals surface area contributed by atoms with Gasteiger partial charge in [-0.3, -0.25) is 9.69 Å². The lowest BCUT2D eigenvalue weighted by atomic mass is 9.89. The molecule has 1 saturated heterocycles. The van der Waals surface area contributed by atoms with Crippen LogP contribution in [0.1, 0.15) is 68.7 Å². The van der Waals surface area contributed by atoms with Gasteiger partial charge in [0.05, 0.1) is 24.7 Å². The molecular weight excluding hydrogens is 438 g/mol. The Morgan fingerprint density at radius 2 is 2.00 bits per heavy atom. The van der Waals surface area contributed by atoms with E-state index in [4.69, 9.17) is 15.2 Å². The standard InChI is InChI=1S/C25H35N3O4S/c1-14-12-31-13-15(2)28(14)17-4-6-18(7-5-17)32-20-9-10-27-25-23(20)22-16(3-8-21(22)33-25)11-19(29)24(26)30/h9-10,14-19,29H,3-8,11-13H2,1-2H3,(H2,26,30)/t14-,15-,16+,17-,18-,19-/m0/s1. The second-order valence-corrected chi connectivity index (χ2v) is 11.1. The molecule has 0 radical (unpaired) electrons. The third-order valence-corrected chi connectivity index (χ3v) is 8.90. The fourth-order valence-electron chi connectivity index (χ4n) is 6.23. The van der Waals surface area contributed by atoms with Crippen molar-refractivity contribution in [3.63, 3.8) is 0 Å². The van der Waals surface area contributed by atoms with Gasteiger partial charge in [-0.2, -0.15) is 0 Å². The average Bonchev–Trinajstić information content (AvgIpc) is 3.35. The van der Waals surface area contributed by atoms with Crippen LogP contribution in [0, 0.1) is 0 Å². The summed E-state index contributed by atoms with van der Waals surface area (Å²) < 4.78 is 12.3. The Morgan fingerprint density at radius 3 is 2.70 bits per heavy atom. The van der Waals surface area contributed by atoms with Crippen molar-refractivity contribution in [3.05, 3.63) is 22.7 Å². The number of carbonyl (C=O) groups is 1. The first kappa shape index (κ1) is 23.0. The number of hydrogen-bond acceptors (Lipinski definition) is 7. The highest BCUT2D eigenvalue weighted by atomic mass is 32.1. The molecule has 8 heteroatoms. The smallest absolute Gasteiger partial charge is 0.246 e. The largest absolute Gasteiger partial charge is 0.490 e. The molecule has 3 aliphatic rings. The number of nitrogens with two attached hydrogens (primary N) is 1. The topological polar surface area (TPSA) is 97.9 Å². The van der Waals surface area contributed by atoms with Crippen molar-refractivity contribution < 1.29 is 19.4 Å². The van der Waals surface area contributed by atoms with Crippen LogP contribution in [0.15, 0.2) is 12.3 Å². The Morgan fingerprint density at radius 1 is 1.27 bits per heavy atom. The Hall–Kier alpha value is -1.74. The van der Waals surface area contributed by atoms with E-state index >= 15 is 0 Å². The number of primary amides is 1. The van der Waals surface area contributed by atoms with E-state index in [9.17, 15) is 9.90 Å². The number of aliphatic hydroxyl groups excluding tert-OH is 1. The van der Waals surface area contributed by atoms with E-state index in [-0.39, 0.29) is 12.0 Å². The zero-order valence-corrected chi connectivity index (χ0v) is 20.4. The predicted molar refractivity (Wildman–Crippen MR) is 129 cm³/mol. The van der Waals surface area contributed by atoms with Crippen LogP contribution in [0.4, 0.5) is 0 Å². The zero-order chi connectivity index (χ0) is 23.1. The normalized spacial score (nSPS) is 31.4. The summed E-state index contributed by atoms with van der Waals surface area (Å²) in [6, 6.07) is 3.52. The first-order valence-corrected chi connectivity index (χ1v) is 13.1. The Balaban J connectivity index is 1.31. The van der Waals surface area contributed by atoms with Crippen LogP contribution in [0.2, 0.25) is 0 Å². The van der Waals surface area contributed by atoms with Crippen LogP contribution < -0.4 is 10.5 Å². The molecule has 7 nitrogen and oxygen atoms in total. The highest BCUT2D eigenvalue weighted by Gasteiger charge is 2.36. The molecule has 3 N–H and O–H groups in total. The number of hydrogen-bond donors (Lipinski definition) is 2. The summed E-state index contributed by atoms with van der Waals surface area (Å²) in [6.07, 6.45) is 7.53. The Kier molecular flexibility index (Phi) is 6.62. The number of rotatable bonds is 6. The molecule has 5 rings (SSSR count). The monoisotopic (exact) mass is 473 g/mol. The van der Waals surface area contributed by atoms with Crippen LogP contribution in [0.3, 0.4) is 0 Å². The summed E-state index contributed by atoms with van der Waals surface area (Å²) in [7, 11) is 0. The van der Waals surface area contributed by atoms with Crippen LogP contribution in [0.5, 0.6) is 5.75 Å². The summed E-state index contributed by atoms with van der Waals surface area (Å²) in [5, 5.41) is 11.2. The van der Waals surface area contributed by atoms with Crippen molar-refractivity contribution in [1.82, 2.24) is 9.88 Å². The van der Waals surface area contributed by atoms with Gasteiger partial charge in [0.15, 0.2) is 0 Å². The molecule has 1 aliphatic heterocycles. The average molecular weight is 474 g/mol. The van der Waals surface area contributed by atoms with Gasteiger partial charge in [0, 0.05) is 29.2 Å². The SMILES string of the molecule is C[C@H]1COC[C@H](C)N1[C@H]1CC[C@H](Oc2ccnc3sc4c(c23)[C@@H](C[C@H](O)C(N)=O)CC4)CC1. The fraction of sp³-hybridized carbons (Fsp3) is 0.680. The highest BCUT2D eigenvalue weighted by molar-refractivity contribution is 7.19. The molecule has 4 atom stereocenters. The number of ether oxygens (including phenoxy) is 2. The maximum absolute atomic E-state index is 11.4. The van der Waals surface area contributed by atoms with E-state index in [1.54, 1.807) is 11.3 Å². The van der Waals surface area contributed by atoms with Gasteiger partial charge in [-0.15, -0.1) is 11.3 Å². The summed E-state index contributed by atoms with van der Waals surface area (Å²) in [6.45, 7) is 6.19. The number of morpholine rings is 1. The van der Waals surface area contributed by atoms with Crippen LogP contribution in [-0.4, -0.2) is 64.4 Å². The summed E-state index contributed by atoms with van der Waals surface area (Å²) in [5.74, 6) is 0.357. The molecule has 2 aromatic heterocycles. The van der Waals surface area contributed by atoms with Crippen molar-refractivity contribution in [2.45, 2.75) is 95.0 Å². The van der Waals surface area contributed by atoms with Gasteiger partial charge in [0.25, 0.3) is 0 Å². The van der Waals surface area contributed by atoms with E-state index in [2.05, 4.69) is 23.7 Å². The highest BCUT2D eigenvalue weighted by Crippen LogP contribution is 2.48. The van der Waals surface area contributed by atoms with E-state index in [0.29, 0.717) is 24.5 Å². The minimum Gasteiger partial charge on any atom is -0.490 e. The maximum Gasteiger partial charge on any atom is 0.246 e. The molecule has 2 aromatic rings. The molecule has 2 fully saturated rings. The number of nitrogens with zero attached hydrogens (tertiary/aromatic N) is 2. The molecular formula is C25H35N3O4S. The third-order valence-electron chi connectivity index (χ3n) is 7.73. The first-order chi connectivity index (χ1) is 15.9. The van der Waals surface area contributed by atoms with Crippen molar-refractivity contribution in [2.75, 3.05) is 13.2 Å². The van der Waals surface area contributed by atoms with Gasteiger partial charge in [0.2, 0.25) is 5.91 Å². The van der Waals surface area contributed by atoms with Crippen LogP contribution in [0.25, 0.3) is 10.2 Å². The number of thiophene rings is 1. The number of amides is 1. The van der Waals surface area contributed by atoms with Gasteiger partial charge in [-0.25, -0.2) is 4.98 Å². The first-order valence-electron chi connectivity index (χ1n) is 12.3. The van der Waals surface area contributed by atoms with Crippen molar-refractivity contribution in [3.8, 4) is 5.75 Å². The quantitative estimate of drug-likeness (QED) is 0.668. The number of fused-ring (bicyclic) bond motifs is 3. The molecule has 0 aromatic carbocycles. The number of aliphatic hydroxyl groups is 1. The lowest BCUT2D eigenvalue weighted by Gasteiger charge is -2.46. The lowest BCUT2D eigenvalue weighted by Crippen LogP contribution is -2.55. The van der Waals surface area contributed by atoms with Crippen molar-refractivity contribution in [2.24, 2.45) is 5.73 Å². The minimum atomic E-state index is -1.11. The van der Waals surface area contributed by atoms with Crippen LogP contribution in [-0.2, 0) is 16.0 Å². The van der Waals surface area contributed by atoms with Crippen LogP contribution >= 0.6 is 11.3 Å². The number of carbonyl (C=O) groups excluding carboxylic acids is 1. The number of pyridine rings is 1. The summed E-state index contributed by atoms with van der Waals surface area (Å²) >= 11 is 1.71. The lowest BCUT2D eigenvalue weighted by molar-refractivity contribution is -0.126. The van der Waals surface area contributed by atoms with Gasteiger partial charge in [0.1, 0.15) is 16.7 Å². The second-order valence-electron chi connectivity index (χ2n) is 10.0. The summed E-state index contributed by atoms with van der Waals surface area (Å²) in [5.41, 5.74) is 6.54. The number of aryl methyl sites for hydroxylation is 1. The molecule has 180 valence electrons. The van der Waals surface area contributed by atoms with E-state index < -0.39 is 12.0 Å². The molecule has 0 spiro atoms. The predicted octanol–water partition coefficient (Wildman–Crippen LogP) is 3.36.